The normalized spacial score (nSPS) is 24.3. The number of hydrogen-bond donors (Lipinski definition) is 1. The van der Waals surface area contributed by atoms with E-state index in [9.17, 15) is 21.6 Å². The maximum absolute atomic E-state index is 13.1. The molecule has 1 aromatic rings. The Morgan fingerprint density at radius 3 is 2.17 bits per heavy atom. The first-order chi connectivity index (χ1) is 14.2. The molecule has 2 saturated heterocycles. The molecule has 2 heterocycles. The molecule has 0 saturated carbocycles. The van der Waals surface area contributed by atoms with Crippen molar-refractivity contribution in [1.29, 1.82) is 0 Å². The van der Waals surface area contributed by atoms with Gasteiger partial charge in [0, 0.05) is 31.7 Å². The van der Waals surface area contributed by atoms with E-state index in [-0.39, 0.29) is 47.4 Å². The summed E-state index contributed by atoms with van der Waals surface area (Å²) in [6.45, 7) is 6.71. The number of ether oxygens (including phenoxy) is 1. The third-order valence-corrected chi connectivity index (χ3v) is 9.33. The van der Waals surface area contributed by atoms with Gasteiger partial charge in [-0.2, -0.15) is 8.61 Å². The highest BCUT2D eigenvalue weighted by Crippen LogP contribution is 2.27. The van der Waals surface area contributed by atoms with Crippen LogP contribution < -0.4 is 5.32 Å². The molecule has 1 N–H and O–H groups in total. The molecule has 0 bridgehead atoms. The molecule has 9 nitrogen and oxygen atoms in total. The lowest BCUT2D eigenvalue weighted by Crippen LogP contribution is -2.50. The van der Waals surface area contributed by atoms with Crippen molar-refractivity contribution in [3.63, 3.8) is 0 Å². The third kappa shape index (κ3) is 4.75. The number of piperidine rings is 1. The number of amides is 1. The van der Waals surface area contributed by atoms with Crippen LogP contribution in [0, 0.1) is 0 Å². The zero-order valence-electron chi connectivity index (χ0n) is 16.9. The monoisotopic (exact) mass is 457 g/mol. The SMILES string of the molecule is C=CC(=O)NC1CCN(S(=O)(=O)c2ccc(S(=O)(=O)N3CCOCC3)cc2)C(C)C1. The first-order valence-electron chi connectivity index (χ1n) is 9.79. The fourth-order valence-corrected chi connectivity index (χ4v) is 6.82. The van der Waals surface area contributed by atoms with E-state index in [4.69, 9.17) is 4.74 Å². The van der Waals surface area contributed by atoms with Gasteiger partial charge >= 0.3 is 0 Å². The maximum Gasteiger partial charge on any atom is 0.243 e. The Kier molecular flexibility index (Phi) is 6.98. The van der Waals surface area contributed by atoms with Gasteiger partial charge in [0.2, 0.25) is 26.0 Å². The van der Waals surface area contributed by atoms with Crippen LogP contribution in [0.15, 0.2) is 46.7 Å². The van der Waals surface area contributed by atoms with E-state index in [0.717, 1.165) is 0 Å². The summed E-state index contributed by atoms with van der Waals surface area (Å²) in [6.07, 6.45) is 2.18. The van der Waals surface area contributed by atoms with E-state index in [2.05, 4.69) is 11.9 Å². The van der Waals surface area contributed by atoms with Crippen molar-refractivity contribution in [2.24, 2.45) is 0 Å². The highest BCUT2D eigenvalue weighted by atomic mass is 32.2. The number of hydrogen-bond acceptors (Lipinski definition) is 6. The van der Waals surface area contributed by atoms with Crippen LogP contribution in [0.2, 0.25) is 0 Å². The van der Waals surface area contributed by atoms with Crippen LogP contribution in [0.3, 0.4) is 0 Å². The van der Waals surface area contributed by atoms with Crippen molar-refractivity contribution < 1.29 is 26.4 Å². The Morgan fingerprint density at radius 2 is 1.63 bits per heavy atom. The van der Waals surface area contributed by atoms with Crippen molar-refractivity contribution in [3.05, 3.63) is 36.9 Å². The summed E-state index contributed by atoms with van der Waals surface area (Å²) in [5.74, 6) is -0.277. The second-order valence-corrected chi connectivity index (χ2v) is 11.2. The summed E-state index contributed by atoms with van der Waals surface area (Å²) in [7, 11) is -7.47. The van der Waals surface area contributed by atoms with Crippen molar-refractivity contribution in [2.75, 3.05) is 32.8 Å². The van der Waals surface area contributed by atoms with Gasteiger partial charge < -0.3 is 10.1 Å². The molecular weight excluding hydrogens is 430 g/mol. The average molecular weight is 458 g/mol. The summed E-state index contributed by atoms with van der Waals surface area (Å²) >= 11 is 0. The first-order valence-corrected chi connectivity index (χ1v) is 12.7. The Morgan fingerprint density at radius 1 is 1.07 bits per heavy atom. The summed E-state index contributed by atoms with van der Waals surface area (Å²) in [5.41, 5.74) is 0. The van der Waals surface area contributed by atoms with E-state index < -0.39 is 20.0 Å². The second-order valence-electron chi connectivity index (χ2n) is 7.39. The lowest BCUT2D eigenvalue weighted by molar-refractivity contribution is -0.117. The molecule has 2 aliphatic rings. The highest BCUT2D eigenvalue weighted by Gasteiger charge is 2.35. The highest BCUT2D eigenvalue weighted by molar-refractivity contribution is 7.89. The molecule has 3 rings (SSSR count). The number of sulfonamides is 2. The lowest BCUT2D eigenvalue weighted by Gasteiger charge is -2.36. The Labute approximate surface area is 177 Å². The number of carbonyl (C=O) groups excluding carboxylic acids is 1. The molecule has 1 amide bonds. The molecule has 0 aromatic heterocycles. The van der Waals surface area contributed by atoms with Crippen molar-refractivity contribution in [2.45, 2.75) is 41.6 Å². The molecule has 30 heavy (non-hydrogen) atoms. The zero-order valence-corrected chi connectivity index (χ0v) is 18.5. The molecule has 166 valence electrons. The predicted molar refractivity (Wildman–Crippen MR) is 111 cm³/mol. The predicted octanol–water partition coefficient (Wildman–Crippen LogP) is 0.551. The number of rotatable bonds is 6. The molecule has 11 heteroatoms. The number of benzene rings is 1. The molecule has 0 spiro atoms. The van der Waals surface area contributed by atoms with Crippen LogP contribution in [0.25, 0.3) is 0 Å². The van der Waals surface area contributed by atoms with Crippen LogP contribution in [0.1, 0.15) is 19.8 Å². The lowest BCUT2D eigenvalue weighted by atomic mass is 10.0. The van der Waals surface area contributed by atoms with Gasteiger partial charge in [-0.15, -0.1) is 0 Å². The van der Waals surface area contributed by atoms with E-state index >= 15 is 0 Å². The quantitative estimate of drug-likeness (QED) is 0.625. The molecule has 2 aliphatic heterocycles. The summed E-state index contributed by atoms with van der Waals surface area (Å²) in [6, 6.07) is 4.91. The molecule has 1 aromatic carbocycles. The summed E-state index contributed by atoms with van der Waals surface area (Å²) < 4.78 is 59.5. The van der Waals surface area contributed by atoms with Crippen LogP contribution >= 0.6 is 0 Å². The Balaban J connectivity index is 1.74. The Hall–Kier alpha value is -1.79. The standard InChI is InChI=1S/C19H27N3O6S2/c1-3-19(23)20-16-8-9-22(15(2)14-16)30(26,27)18-6-4-17(5-7-18)29(24,25)21-10-12-28-13-11-21/h3-7,15-16H,1,8-14H2,2H3,(H,20,23). The number of nitrogens with zero attached hydrogens (tertiary/aromatic N) is 2. The van der Waals surface area contributed by atoms with Gasteiger partial charge in [-0.1, -0.05) is 6.58 Å². The van der Waals surface area contributed by atoms with E-state index in [0.29, 0.717) is 26.1 Å². The van der Waals surface area contributed by atoms with Crippen LogP contribution in [-0.4, -0.2) is 76.3 Å². The number of nitrogens with one attached hydrogen (secondary N) is 1. The van der Waals surface area contributed by atoms with Crippen LogP contribution in [0.5, 0.6) is 0 Å². The minimum atomic E-state index is -3.78. The Bertz CT molecular complexity index is 986. The van der Waals surface area contributed by atoms with Crippen molar-refractivity contribution in [3.8, 4) is 0 Å². The molecule has 2 fully saturated rings. The first kappa shape index (κ1) is 22.9. The van der Waals surface area contributed by atoms with Crippen LogP contribution in [0.4, 0.5) is 0 Å². The molecule has 2 unspecified atom stereocenters. The fourth-order valence-electron chi connectivity index (χ4n) is 3.75. The fraction of sp³-hybridized carbons (Fsp3) is 0.526. The molecular formula is C19H27N3O6S2. The largest absolute Gasteiger partial charge is 0.379 e. The number of morpholine rings is 1. The smallest absolute Gasteiger partial charge is 0.243 e. The van der Waals surface area contributed by atoms with Crippen molar-refractivity contribution in [1.82, 2.24) is 13.9 Å². The maximum atomic E-state index is 13.1. The minimum Gasteiger partial charge on any atom is -0.379 e. The average Bonchev–Trinajstić information content (AvgIpc) is 2.74. The van der Waals surface area contributed by atoms with Gasteiger partial charge in [0.05, 0.1) is 23.0 Å². The van der Waals surface area contributed by atoms with Gasteiger partial charge in [0.15, 0.2) is 0 Å². The van der Waals surface area contributed by atoms with E-state index in [1.165, 1.54) is 39.0 Å². The minimum absolute atomic E-state index is 0.0452. The van der Waals surface area contributed by atoms with Gasteiger partial charge in [0.25, 0.3) is 0 Å². The van der Waals surface area contributed by atoms with Crippen molar-refractivity contribution >= 4 is 26.0 Å². The molecule has 0 radical (unpaired) electrons. The second kappa shape index (κ2) is 9.15. The molecule has 0 aliphatic carbocycles. The number of carbonyl (C=O) groups is 1. The van der Waals surface area contributed by atoms with Gasteiger partial charge in [0.1, 0.15) is 0 Å². The third-order valence-electron chi connectivity index (χ3n) is 5.39. The van der Waals surface area contributed by atoms with Gasteiger partial charge in [-0.25, -0.2) is 16.8 Å². The van der Waals surface area contributed by atoms with Gasteiger partial charge in [-0.05, 0) is 50.1 Å². The van der Waals surface area contributed by atoms with Crippen LogP contribution in [-0.2, 0) is 29.6 Å². The van der Waals surface area contributed by atoms with E-state index in [1.807, 2.05) is 0 Å². The van der Waals surface area contributed by atoms with Gasteiger partial charge in [-0.3, -0.25) is 4.79 Å². The van der Waals surface area contributed by atoms with E-state index in [1.54, 1.807) is 6.92 Å². The summed E-state index contributed by atoms with van der Waals surface area (Å²) in [5, 5.41) is 2.81. The topological polar surface area (TPSA) is 113 Å². The summed E-state index contributed by atoms with van der Waals surface area (Å²) in [4.78, 5) is 11.6. The zero-order chi connectivity index (χ0) is 21.9. The molecule has 2 atom stereocenters.